The molecule has 2 saturated heterocycles. The maximum Gasteiger partial charge on any atom is 0.107 e. The molecule has 0 amide bonds. The highest BCUT2D eigenvalue weighted by molar-refractivity contribution is 6.00. The average Bonchev–Trinajstić information content (AvgIpc) is 3.84. The molecule has 0 bridgehead atoms. The Morgan fingerprint density at radius 1 is 0.825 bits per heavy atom. The van der Waals surface area contributed by atoms with Crippen molar-refractivity contribution >= 4 is 45.6 Å². The molecule has 2 fully saturated rings. The molecule has 4 aliphatic rings. The zero-order valence-electron chi connectivity index (χ0n) is 23.8. The van der Waals surface area contributed by atoms with E-state index in [9.17, 15) is 0 Å². The van der Waals surface area contributed by atoms with Gasteiger partial charge in [0.05, 0.1) is 32.0 Å². The summed E-state index contributed by atoms with van der Waals surface area (Å²) in [6.45, 7) is 12.3. The van der Waals surface area contributed by atoms with Crippen molar-refractivity contribution in [3.63, 3.8) is 0 Å². The van der Waals surface area contributed by atoms with E-state index >= 15 is 0 Å². The molecule has 4 heterocycles. The van der Waals surface area contributed by atoms with Gasteiger partial charge in [0.15, 0.2) is 0 Å². The van der Waals surface area contributed by atoms with Crippen LogP contribution in [0, 0.1) is 11.8 Å². The third-order valence-electron chi connectivity index (χ3n) is 9.07. The Labute approximate surface area is 235 Å². The molecule has 202 valence electrons. The second-order valence-electron chi connectivity index (χ2n) is 12.8. The molecule has 0 saturated carbocycles. The molecule has 8 rings (SSSR count). The molecule has 2 aromatic heterocycles. The lowest BCUT2D eigenvalue weighted by Gasteiger charge is -2.17. The number of rotatable bonds is 5. The van der Waals surface area contributed by atoms with Crippen LogP contribution in [0.4, 0.5) is 0 Å². The highest BCUT2D eigenvalue weighted by Gasteiger charge is 2.41. The highest BCUT2D eigenvalue weighted by atomic mass is 16.6. The Balaban J connectivity index is 1.38. The van der Waals surface area contributed by atoms with Gasteiger partial charge in [-0.15, -0.1) is 0 Å². The molecule has 4 unspecified atom stereocenters. The number of aromatic nitrogens is 2. The van der Waals surface area contributed by atoms with Gasteiger partial charge in [-0.1, -0.05) is 80.6 Å². The number of benzene rings is 2. The third-order valence-corrected chi connectivity index (χ3v) is 9.07. The zero-order chi connectivity index (χ0) is 27.2. The van der Waals surface area contributed by atoms with Gasteiger partial charge in [-0.3, -0.25) is 0 Å². The minimum Gasteiger partial charge on any atom is -0.368 e. The number of hydrogen-bond acceptors (Lipinski definition) is 2. The summed E-state index contributed by atoms with van der Waals surface area (Å²) < 4.78 is 16.8. The number of allylic oxidation sites excluding steroid dienone is 4. The SMILES string of the molecule is CC1C=Cc2c(n(CC3(C)CO3)c3ccccc23)C(c2ccc3c(c2)c2c(n3CC3(C)CO3)=CC(C)C=CC=2)=C1. The standard InChI is InChI=1S/C36H36N2O2/c1-23-8-7-10-27-30-18-25(13-15-32(30)37(33(27)17-23)19-35(3)21-39-35)29-16-24(2)12-14-28-26-9-5-6-11-31(26)38(34(28)29)20-36(4)22-40-36/h5-18,23-24H,19-22H2,1-4H3. The van der Waals surface area contributed by atoms with E-state index in [0.717, 1.165) is 26.3 Å². The predicted octanol–water partition coefficient (Wildman–Crippen LogP) is 6.04. The summed E-state index contributed by atoms with van der Waals surface area (Å²) in [6.07, 6.45) is 16.3. The van der Waals surface area contributed by atoms with Gasteiger partial charge in [-0.25, -0.2) is 0 Å². The number of nitrogens with zero attached hydrogens (tertiary/aromatic N) is 2. The first-order valence-corrected chi connectivity index (χ1v) is 14.6. The van der Waals surface area contributed by atoms with Gasteiger partial charge in [0.2, 0.25) is 0 Å². The molecule has 2 aliphatic heterocycles. The summed E-state index contributed by atoms with van der Waals surface area (Å²) in [5.41, 5.74) is 7.55. The van der Waals surface area contributed by atoms with E-state index < -0.39 is 0 Å². The van der Waals surface area contributed by atoms with Crippen molar-refractivity contribution in [3.05, 3.63) is 94.2 Å². The van der Waals surface area contributed by atoms with Crippen molar-refractivity contribution in [1.29, 1.82) is 0 Å². The summed E-state index contributed by atoms with van der Waals surface area (Å²) in [5.74, 6) is 0.712. The highest BCUT2D eigenvalue weighted by Crippen LogP contribution is 2.41. The molecule has 4 nitrogen and oxygen atoms in total. The van der Waals surface area contributed by atoms with Crippen LogP contribution in [0.25, 0.3) is 45.6 Å². The summed E-state index contributed by atoms with van der Waals surface area (Å²) in [4.78, 5) is 0. The molecular weight excluding hydrogens is 492 g/mol. The minimum atomic E-state index is -0.102. The molecule has 0 N–H and O–H groups in total. The van der Waals surface area contributed by atoms with Crippen LogP contribution >= 0.6 is 0 Å². The van der Waals surface area contributed by atoms with Crippen LogP contribution in [0.15, 0.2) is 66.8 Å². The average molecular weight is 529 g/mol. The van der Waals surface area contributed by atoms with E-state index in [4.69, 9.17) is 9.47 Å². The van der Waals surface area contributed by atoms with Crippen LogP contribution in [-0.2, 0) is 22.6 Å². The molecule has 4 aromatic rings. The Kier molecular flexibility index (Phi) is 5.12. The molecule has 4 atom stereocenters. The largest absolute Gasteiger partial charge is 0.368 e. The fourth-order valence-electron chi connectivity index (χ4n) is 6.65. The summed E-state index contributed by atoms with van der Waals surface area (Å²) in [5, 5.41) is 5.22. The monoisotopic (exact) mass is 528 g/mol. The van der Waals surface area contributed by atoms with Gasteiger partial charge in [-0.2, -0.15) is 0 Å². The number of para-hydroxylation sites is 1. The zero-order valence-corrected chi connectivity index (χ0v) is 23.8. The lowest BCUT2D eigenvalue weighted by molar-refractivity contribution is 0.294. The van der Waals surface area contributed by atoms with Gasteiger partial charge >= 0.3 is 0 Å². The Bertz CT molecular complexity index is 1920. The minimum absolute atomic E-state index is 0.0725. The number of ether oxygens (including phenoxy) is 2. The summed E-state index contributed by atoms with van der Waals surface area (Å²) in [7, 11) is 0. The number of hydrogen-bond donors (Lipinski definition) is 0. The van der Waals surface area contributed by atoms with Crippen molar-refractivity contribution in [2.45, 2.75) is 52.0 Å². The normalized spacial score (nSPS) is 28.4. The number of fused-ring (bicyclic) bond motifs is 6. The molecule has 0 radical (unpaired) electrons. The van der Waals surface area contributed by atoms with E-state index in [-0.39, 0.29) is 11.2 Å². The smallest absolute Gasteiger partial charge is 0.107 e. The first kappa shape index (κ1) is 24.2. The fraction of sp³-hybridized carbons (Fsp3) is 0.333. The molecule has 0 spiro atoms. The van der Waals surface area contributed by atoms with E-state index in [2.05, 4.69) is 122 Å². The Morgan fingerprint density at radius 2 is 1.52 bits per heavy atom. The second kappa shape index (κ2) is 8.45. The molecule has 2 aromatic carbocycles. The van der Waals surface area contributed by atoms with E-state index in [0.29, 0.717) is 11.8 Å². The molecule has 40 heavy (non-hydrogen) atoms. The van der Waals surface area contributed by atoms with E-state index in [1.54, 1.807) is 0 Å². The van der Waals surface area contributed by atoms with Crippen molar-refractivity contribution in [2.75, 3.05) is 13.2 Å². The van der Waals surface area contributed by atoms with Crippen LogP contribution in [-0.4, -0.2) is 33.6 Å². The quantitative estimate of drug-likeness (QED) is 0.296. The van der Waals surface area contributed by atoms with Crippen LogP contribution in [0.2, 0.25) is 0 Å². The van der Waals surface area contributed by atoms with Gasteiger partial charge in [0, 0.05) is 43.5 Å². The lowest BCUT2D eigenvalue weighted by atomic mass is 9.96. The first-order valence-electron chi connectivity index (χ1n) is 14.6. The van der Waals surface area contributed by atoms with Crippen molar-refractivity contribution in [1.82, 2.24) is 9.13 Å². The number of epoxide rings is 2. The summed E-state index contributed by atoms with van der Waals surface area (Å²) in [6, 6.07) is 15.9. The Morgan fingerprint density at radius 3 is 2.30 bits per heavy atom. The predicted molar refractivity (Wildman–Crippen MR) is 164 cm³/mol. The van der Waals surface area contributed by atoms with Crippen LogP contribution < -0.4 is 10.6 Å². The summed E-state index contributed by atoms with van der Waals surface area (Å²) >= 11 is 0. The van der Waals surface area contributed by atoms with Gasteiger partial charge in [-0.05, 0) is 49.4 Å². The molecule has 4 heteroatoms. The van der Waals surface area contributed by atoms with E-state index in [1.807, 2.05) is 0 Å². The maximum atomic E-state index is 5.91. The third kappa shape index (κ3) is 3.88. The lowest BCUT2D eigenvalue weighted by Crippen LogP contribution is -2.32. The van der Waals surface area contributed by atoms with Gasteiger partial charge in [0.1, 0.15) is 11.2 Å². The fourth-order valence-corrected chi connectivity index (χ4v) is 6.65. The van der Waals surface area contributed by atoms with Crippen molar-refractivity contribution < 1.29 is 9.47 Å². The molecular formula is C36H36N2O2. The van der Waals surface area contributed by atoms with Gasteiger partial charge in [0.25, 0.3) is 0 Å². The van der Waals surface area contributed by atoms with Crippen molar-refractivity contribution in [2.24, 2.45) is 11.8 Å². The van der Waals surface area contributed by atoms with Crippen molar-refractivity contribution in [3.8, 4) is 0 Å². The van der Waals surface area contributed by atoms with Crippen LogP contribution in [0.5, 0.6) is 0 Å². The van der Waals surface area contributed by atoms with Gasteiger partial charge < -0.3 is 18.6 Å². The van der Waals surface area contributed by atoms with E-state index in [1.165, 1.54) is 54.8 Å². The maximum absolute atomic E-state index is 5.91. The first-order chi connectivity index (χ1) is 19.3. The Hall–Kier alpha value is -3.60. The van der Waals surface area contributed by atoms with Crippen LogP contribution in [0.1, 0.15) is 44.5 Å². The second-order valence-corrected chi connectivity index (χ2v) is 12.8. The topological polar surface area (TPSA) is 34.9 Å². The molecule has 2 aliphatic carbocycles. The van der Waals surface area contributed by atoms with Crippen LogP contribution in [0.3, 0.4) is 0 Å².